The summed E-state index contributed by atoms with van der Waals surface area (Å²) in [5.74, 6) is 0.864. The van der Waals surface area contributed by atoms with E-state index >= 15 is 0 Å². The number of halogens is 3. The molecule has 1 saturated heterocycles. The van der Waals surface area contributed by atoms with Gasteiger partial charge in [0.15, 0.2) is 11.7 Å². The molecule has 1 aliphatic rings. The molecule has 0 atom stereocenters. The summed E-state index contributed by atoms with van der Waals surface area (Å²) in [5.41, 5.74) is 5.04. The Hall–Kier alpha value is -2.85. The zero-order valence-electron chi connectivity index (χ0n) is 14.2. The lowest BCUT2D eigenvalue weighted by atomic mass is 10.2. The van der Waals surface area contributed by atoms with Crippen LogP contribution in [0.5, 0.6) is 0 Å². The minimum Gasteiger partial charge on any atom is -0.370 e. The second kappa shape index (κ2) is 7.18. The molecule has 2 aromatic rings. The third kappa shape index (κ3) is 4.03. The molecular weight excluding hydrogens is 349 g/mol. The van der Waals surface area contributed by atoms with Gasteiger partial charge in [0.2, 0.25) is 5.95 Å². The van der Waals surface area contributed by atoms with Crippen LogP contribution in [0.25, 0.3) is 0 Å². The monoisotopic (exact) mass is 368 g/mol. The van der Waals surface area contributed by atoms with Gasteiger partial charge in [0.25, 0.3) is 0 Å². The maximum Gasteiger partial charge on any atom is 0.435 e. The van der Waals surface area contributed by atoms with E-state index in [1.165, 1.54) is 13.2 Å². The Bertz CT molecular complexity index is 763. The largest absolute Gasteiger partial charge is 0.435 e. The molecule has 2 aromatic heterocycles. The van der Waals surface area contributed by atoms with Crippen LogP contribution in [0, 0.1) is 0 Å². The Morgan fingerprint density at radius 3 is 2.46 bits per heavy atom. The van der Waals surface area contributed by atoms with Gasteiger partial charge in [-0.15, -0.1) is 0 Å². The van der Waals surface area contributed by atoms with Gasteiger partial charge >= 0.3 is 6.18 Å². The van der Waals surface area contributed by atoms with Crippen molar-refractivity contribution in [3.8, 4) is 0 Å². The van der Waals surface area contributed by atoms with Crippen molar-refractivity contribution >= 4 is 11.9 Å². The first-order valence-electron chi connectivity index (χ1n) is 8.01. The van der Waals surface area contributed by atoms with Crippen molar-refractivity contribution in [3.63, 3.8) is 0 Å². The van der Waals surface area contributed by atoms with Crippen molar-refractivity contribution < 1.29 is 13.2 Å². The first kappa shape index (κ1) is 18.0. The van der Waals surface area contributed by atoms with Gasteiger partial charge in [-0.3, -0.25) is 4.68 Å². The fourth-order valence-corrected chi connectivity index (χ4v) is 2.75. The molecule has 11 heteroatoms. The number of aliphatic imine (C=N–C) groups is 1. The number of piperazine rings is 1. The van der Waals surface area contributed by atoms with Crippen LogP contribution in [-0.4, -0.2) is 56.8 Å². The molecule has 1 aliphatic heterocycles. The standard InChI is InChI=1S/C15H19F3N8/c1-24-10-11(12(23-24)15(16,17)18)9-22-13(19)25-5-7-26(8-6-25)14-20-3-2-4-21-14/h2-4,10H,5-9H2,1H3,(H2,19,22). The minimum atomic E-state index is -4.51. The van der Waals surface area contributed by atoms with Gasteiger partial charge in [-0.1, -0.05) is 0 Å². The number of guanidine groups is 1. The van der Waals surface area contributed by atoms with E-state index < -0.39 is 11.9 Å². The lowest BCUT2D eigenvalue weighted by Gasteiger charge is -2.35. The van der Waals surface area contributed by atoms with Gasteiger partial charge in [0, 0.05) is 57.4 Å². The molecule has 0 unspecified atom stereocenters. The summed E-state index contributed by atoms with van der Waals surface area (Å²) in [6.07, 6.45) is 0.153. The van der Waals surface area contributed by atoms with E-state index in [0.29, 0.717) is 32.1 Å². The van der Waals surface area contributed by atoms with Crippen LogP contribution < -0.4 is 10.6 Å². The first-order chi connectivity index (χ1) is 12.3. The summed E-state index contributed by atoms with van der Waals surface area (Å²) in [6.45, 7) is 2.32. The highest BCUT2D eigenvalue weighted by Gasteiger charge is 2.36. The van der Waals surface area contributed by atoms with Crippen LogP contribution in [-0.2, 0) is 19.8 Å². The normalized spacial score (nSPS) is 16.2. The molecule has 3 heterocycles. The van der Waals surface area contributed by atoms with E-state index in [0.717, 1.165) is 4.68 Å². The van der Waals surface area contributed by atoms with Crippen LogP contribution in [0.1, 0.15) is 11.3 Å². The van der Waals surface area contributed by atoms with Gasteiger partial charge in [-0.25, -0.2) is 15.0 Å². The first-order valence-corrected chi connectivity index (χ1v) is 8.01. The van der Waals surface area contributed by atoms with Crippen LogP contribution in [0.15, 0.2) is 29.6 Å². The number of aryl methyl sites for hydroxylation is 1. The number of alkyl halides is 3. The summed E-state index contributed by atoms with van der Waals surface area (Å²) in [6, 6.07) is 1.75. The molecule has 140 valence electrons. The smallest absolute Gasteiger partial charge is 0.370 e. The second-order valence-electron chi connectivity index (χ2n) is 5.87. The predicted octanol–water partition coefficient (Wildman–Crippen LogP) is 0.866. The van der Waals surface area contributed by atoms with Gasteiger partial charge in [0.05, 0.1) is 6.54 Å². The van der Waals surface area contributed by atoms with Crippen molar-refractivity contribution in [3.05, 3.63) is 35.9 Å². The molecule has 0 amide bonds. The Balaban J connectivity index is 1.61. The molecule has 3 rings (SSSR count). The average molecular weight is 368 g/mol. The van der Waals surface area contributed by atoms with Crippen LogP contribution in [0.2, 0.25) is 0 Å². The number of hydrogen-bond acceptors (Lipinski definition) is 5. The number of nitrogens with two attached hydrogens (primary N) is 1. The van der Waals surface area contributed by atoms with Crippen molar-refractivity contribution in [1.82, 2.24) is 24.6 Å². The molecule has 2 N–H and O–H groups in total. The maximum absolute atomic E-state index is 13.0. The van der Waals surface area contributed by atoms with Gasteiger partial charge in [-0.05, 0) is 6.07 Å². The predicted molar refractivity (Wildman–Crippen MR) is 89.4 cm³/mol. The van der Waals surface area contributed by atoms with E-state index in [-0.39, 0.29) is 18.1 Å². The molecule has 8 nitrogen and oxygen atoms in total. The molecular formula is C15H19F3N8. The summed E-state index contributed by atoms with van der Waals surface area (Å²) < 4.78 is 40.0. The lowest BCUT2D eigenvalue weighted by Crippen LogP contribution is -2.51. The second-order valence-corrected chi connectivity index (χ2v) is 5.87. The fraction of sp³-hybridized carbons (Fsp3) is 0.467. The van der Waals surface area contributed by atoms with Crippen molar-refractivity contribution in [2.45, 2.75) is 12.7 Å². The van der Waals surface area contributed by atoms with Crippen molar-refractivity contribution in [1.29, 1.82) is 0 Å². The minimum absolute atomic E-state index is 0.000675. The number of hydrogen-bond donors (Lipinski definition) is 1. The highest BCUT2D eigenvalue weighted by atomic mass is 19.4. The Labute approximate surface area is 148 Å². The van der Waals surface area contributed by atoms with Crippen molar-refractivity contribution in [2.24, 2.45) is 17.8 Å². The third-order valence-corrected chi connectivity index (χ3v) is 4.02. The summed E-state index contributed by atoms with van der Waals surface area (Å²) in [7, 11) is 1.44. The van der Waals surface area contributed by atoms with Crippen LogP contribution >= 0.6 is 0 Å². The topological polar surface area (TPSA) is 88.5 Å². The molecule has 0 spiro atoms. The summed E-state index contributed by atoms with van der Waals surface area (Å²) in [5, 5.41) is 3.46. The zero-order chi connectivity index (χ0) is 18.7. The average Bonchev–Trinajstić information content (AvgIpc) is 3.02. The molecule has 0 aromatic carbocycles. The lowest BCUT2D eigenvalue weighted by molar-refractivity contribution is -0.142. The molecule has 26 heavy (non-hydrogen) atoms. The summed E-state index contributed by atoms with van der Waals surface area (Å²) >= 11 is 0. The molecule has 0 bridgehead atoms. The Morgan fingerprint density at radius 2 is 1.85 bits per heavy atom. The van der Waals surface area contributed by atoms with Crippen LogP contribution in [0.4, 0.5) is 19.1 Å². The van der Waals surface area contributed by atoms with Crippen LogP contribution in [0.3, 0.4) is 0 Å². The number of aromatic nitrogens is 4. The van der Waals surface area contributed by atoms with Gasteiger partial charge < -0.3 is 15.5 Å². The quantitative estimate of drug-likeness (QED) is 0.639. The SMILES string of the molecule is Cn1cc(CN=C(N)N2CCN(c3ncccn3)CC2)c(C(F)(F)F)n1. The number of nitrogens with zero attached hydrogens (tertiary/aromatic N) is 7. The number of anilines is 1. The molecule has 0 radical (unpaired) electrons. The van der Waals surface area contributed by atoms with E-state index in [2.05, 4.69) is 20.1 Å². The Morgan fingerprint density at radius 1 is 1.19 bits per heavy atom. The third-order valence-electron chi connectivity index (χ3n) is 4.02. The fourth-order valence-electron chi connectivity index (χ4n) is 2.75. The number of rotatable bonds is 3. The molecule has 1 fully saturated rings. The molecule has 0 aliphatic carbocycles. The van der Waals surface area contributed by atoms with Gasteiger partial charge in [-0.2, -0.15) is 18.3 Å². The van der Waals surface area contributed by atoms with E-state index in [9.17, 15) is 13.2 Å². The van der Waals surface area contributed by atoms with Gasteiger partial charge in [0.1, 0.15) is 0 Å². The molecule has 0 saturated carbocycles. The van der Waals surface area contributed by atoms with E-state index in [4.69, 9.17) is 5.73 Å². The Kier molecular flexibility index (Phi) is 4.96. The highest BCUT2D eigenvalue weighted by Crippen LogP contribution is 2.30. The van der Waals surface area contributed by atoms with E-state index in [1.54, 1.807) is 18.5 Å². The summed E-state index contributed by atoms with van der Waals surface area (Å²) in [4.78, 5) is 16.4. The maximum atomic E-state index is 13.0. The zero-order valence-corrected chi connectivity index (χ0v) is 14.2. The highest BCUT2D eigenvalue weighted by molar-refractivity contribution is 5.78. The van der Waals surface area contributed by atoms with E-state index in [1.807, 2.05) is 9.80 Å². The van der Waals surface area contributed by atoms with Crippen molar-refractivity contribution in [2.75, 3.05) is 31.1 Å².